The van der Waals surface area contributed by atoms with E-state index in [2.05, 4.69) is 10.3 Å². The minimum Gasteiger partial charge on any atom is -0.454 e. The van der Waals surface area contributed by atoms with E-state index < -0.39 is 22.8 Å². The Hall–Kier alpha value is -3.92. The minimum absolute atomic E-state index is 0.0148. The predicted octanol–water partition coefficient (Wildman–Crippen LogP) is 4.85. The molecule has 0 aromatic heterocycles. The maximum atomic E-state index is 14.4. The second-order valence-corrected chi connectivity index (χ2v) is 8.96. The lowest BCUT2D eigenvalue weighted by molar-refractivity contribution is -0.129. The Kier molecular flexibility index (Phi) is 6.37. The molecule has 1 N–H and O–H groups in total. The van der Waals surface area contributed by atoms with E-state index in [0.717, 1.165) is 17.3 Å². The Morgan fingerprint density at radius 3 is 2.57 bits per heavy atom. The van der Waals surface area contributed by atoms with Crippen LogP contribution in [-0.4, -0.2) is 33.9 Å². The van der Waals surface area contributed by atoms with Crippen LogP contribution in [0.3, 0.4) is 0 Å². The Labute approximate surface area is 203 Å². The van der Waals surface area contributed by atoms with Crippen LogP contribution >= 0.6 is 11.8 Å². The number of carbonyl (C=O) groups is 2. The van der Waals surface area contributed by atoms with Crippen molar-refractivity contribution in [1.82, 2.24) is 4.90 Å². The number of carbonyl (C=O) groups excluding carboxylic acids is 2. The highest BCUT2D eigenvalue weighted by molar-refractivity contribution is 8.15. The third-order valence-electron chi connectivity index (χ3n) is 5.41. The van der Waals surface area contributed by atoms with Crippen molar-refractivity contribution in [2.24, 2.45) is 4.99 Å². The van der Waals surface area contributed by atoms with Gasteiger partial charge in [-0.25, -0.2) is 13.8 Å². The molecule has 2 heterocycles. The van der Waals surface area contributed by atoms with Gasteiger partial charge in [0.25, 0.3) is 0 Å². The summed E-state index contributed by atoms with van der Waals surface area (Å²) in [5.41, 5.74) is 0.799. The van der Waals surface area contributed by atoms with Gasteiger partial charge in [0.15, 0.2) is 16.7 Å². The molecule has 2 amide bonds. The van der Waals surface area contributed by atoms with E-state index >= 15 is 0 Å². The van der Waals surface area contributed by atoms with Crippen LogP contribution in [0.25, 0.3) is 0 Å². The van der Waals surface area contributed by atoms with Gasteiger partial charge in [-0.1, -0.05) is 42.1 Å². The van der Waals surface area contributed by atoms with Crippen molar-refractivity contribution in [1.29, 1.82) is 0 Å². The number of ether oxygens (including phenoxy) is 2. The van der Waals surface area contributed by atoms with Crippen molar-refractivity contribution in [2.75, 3.05) is 12.1 Å². The number of nitrogens with one attached hydrogen (secondary N) is 1. The number of anilines is 1. The van der Waals surface area contributed by atoms with E-state index in [1.165, 1.54) is 41.3 Å². The first-order chi connectivity index (χ1) is 17.0. The van der Waals surface area contributed by atoms with E-state index in [0.29, 0.717) is 11.5 Å². The fraction of sp³-hybridized carbons (Fsp3) is 0.160. The standard InChI is InChI=1S/C25H19F2N3O4S/c26-16-5-1-3-7-18(16)28-24(32)22-12-23(31)30(13-15-9-10-20-21(11-15)34-14-33-20)25(35-22)29-19-8-4-2-6-17(19)27/h1-11,22H,12-14H2,(H,28,32)/t22-/m0/s1. The number of fused-ring (bicyclic) bond motifs is 1. The van der Waals surface area contributed by atoms with Crippen molar-refractivity contribution in [3.8, 4) is 11.5 Å². The monoisotopic (exact) mass is 495 g/mol. The molecule has 2 aliphatic rings. The molecule has 1 saturated heterocycles. The number of benzene rings is 3. The summed E-state index contributed by atoms with van der Waals surface area (Å²) in [6, 6.07) is 17.0. The number of rotatable bonds is 5. The molecule has 0 aliphatic carbocycles. The average molecular weight is 496 g/mol. The fourth-order valence-corrected chi connectivity index (χ4v) is 4.73. The Balaban J connectivity index is 1.43. The maximum absolute atomic E-state index is 14.4. The molecule has 1 atom stereocenters. The number of amides is 2. The molecule has 7 nitrogen and oxygen atoms in total. The van der Waals surface area contributed by atoms with Gasteiger partial charge in [-0.15, -0.1) is 0 Å². The highest BCUT2D eigenvalue weighted by atomic mass is 32.2. The van der Waals surface area contributed by atoms with Crippen LogP contribution in [0.5, 0.6) is 11.5 Å². The van der Waals surface area contributed by atoms with Gasteiger partial charge >= 0.3 is 0 Å². The predicted molar refractivity (Wildman–Crippen MR) is 128 cm³/mol. The van der Waals surface area contributed by atoms with Gasteiger partial charge in [-0.2, -0.15) is 0 Å². The van der Waals surface area contributed by atoms with Gasteiger partial charge in [0.2, 0.25) is 18.6 Å². The molecule has 2 aliphatic heterocycles. The summed E-state index contributed by atoms with van der Waals surface area (Å²) in [7, 11) is 0. The topological polar surface area (TPSA) is 80.2 Å². The number of hydrogen-bond donors (Lipinski definition) is 1. The molecule has 178 valence electrons. The van der Waals surface area contributed by atoms with E-state index in [1.807, 2.05) is 0 Å². The highest BCUT2D eigenvalue weighted by Crippen LogP contribution is 2.35. The van der Waals surface area contributed by atoms with E-state index in [4.69, 9.17) is 9.47 Å². The zero-order chi connectivity index (χ0) is 24.4. The van der Waals surface area contributed by atoms with Crippen LogP contribution in [0, 0.1) is 11.6 Å². The highest BCUT2D eigenvalue weighted by Gasteiger charge is 2.36. The molecular weight excluding hydrogens is 476 g/mol. The summed E-state index contributed by atoms with van der Waals surface area (Å²) in [6.07, 6.45) is -0.133. The van der Waals surface area contributed by atoms with Crippen LogP contribution in [0.4, 0.5) is 20.2 Å². The van der Waals surface area contributed by atoms with Crippen molar-refractivity contribution in [2.45, 2.75) is 18.2 Å². The Bertz CT molecular complexity index is 1330. The number of thioether (sulfide) groups is 1. The smallest absolute Gasteiger partial charge is 0.238 e. The van der Waals surface area contributed by atoms with Gasteiger partial charge in [0.1, 0.15) is 22.6 Å². The van der Waals surface area contributed by atoms with Crippen LogP contribution in [-0.2, 0) is 16.1 Å². The molecule has 3 aromatic carbocycles. The largest absolute Gasteiger partial charge is 0.454 e. The van der Waals surface area contributed by atoms with E-state index in [1.54, 1.807) is 30.3 Å². The summed E-state index contributed by atoms with van der Waals surface area (Å²) < 4.78 is 39.1. The van der Waals surface area contributed by atoms with Crippen molar-refractivity contribution in [3.05, 3.63) is 83.9 Å². The number of para-hydroxylation sites is 2. The first-order valence-corrected chi connectivity index (χ1v) is 11.6. The fourth-order valence-electron chi connectivity index (χ4n) is 3.64. The summed E-state index contributed by atoms with van der Waals surface area (Å²) >= 11 is 1.02. The van der Waals surface area contributed by atoms with E-state index in [-0.39, 0.29) is 42.2 Å². The lowest BCUT2D eigenvalue weighted by Crippen LogP contribution is -2.44. The minimum atomic E-state index is -0.874. The van der Waals surface area contributed by atoms with Crippen molar-refractivity contribution >= 4 is 40.1 Å². The van der Waals surface area contributed by atoms with Crippen LogP contribution < -0.4 is 14.8 Å². The Morgan fingerprint density at radius 2 is 1.77 bits per heavy atom. The SMILES string of the molecule is O=C(Nc1ccccc1F)[C@@H]1CC(=O)N(Cc2ccc3c(c2)OCO3)C(=Nc2ccccc2F)S1. The molecule has 3 aromatic rings. The first-order valence-electron chi connectivity index (χ1n) is 10.7. The number of nitrogens with zero attached hydrogens (tertiary/aromatic N) is 2. The van der Waals surface area contributed by atoms with Crippen LogP contribution in [0.15, 0.2) is 71.7 Å². The summed E-state index contributed by atoms with van der Waals surface area (Å²) in [4.78, 5) is 31.9. The molecular formula is C25H19F2N3O4S. The summed E-state index contributed by atoms with van der Waals surface area (Å²) in [5.74, 6) is -0.887. The molecule has 0 spiro atoms. The zero-order valence-electron chi connectivity index (χ0n) is 18.2. The molecule has 1 fully saturated rings. The molecule has 0 unspecified atom stereocenters. The summed E-state index contributed by atoms with van der Waals surface area (Å²) in [6.45, 7) is 0.257. The Morgan fingerprint density at radius 1 is 1.03 bits per heavy atom. The molecule has 0 bridgehead atoms. The lowest BCUT2D eigenvalue weighted by Gasteiger charge is -2.32. The number of hydrogen-bond acceptors (Lipinski definition) is 6. The third kappa shape index (κ3) is 4.97. The van der Waals surface area contributed by atoms with Gasteiger partial charge in [-0.3, -0.25) is 14.5 Å². The van der Waals surface area contributed by atoms with Gasteiger partial charge in [0.05, 0.1) is 12.2 Å². The maximum Gasteiger partial charge on any atom is 0.238 e. The van der Waals surface area contributed by atoms with E-state index in [9.17, 15) is 18.4 Å². The summed E-state index contributed by atoms with van der Waals surface area (Å²) in [5, 5.41) is 1.81. The second kappa shape index (κ2) is 9.75. The molecule has 0 radical (unpaired) electrons. The molecule has 10 heteroatoms. The second-order valence-electron chi connectivity index (χ2n) is 7.79. The van der Waals surface area contributed by atoms with Gasteiger partial charge in [0, 0.05) is 6.42 Å². The average Bonchev–Trinajstić information content (AvgIpc) is 3.32. The van der Waals surface area contributed by atoms with Crippen molar-refractivity contribution in [3.63, 3.8) is 0 Å². The molecule has 5 rings (SSSR count). The van der Waals surface area contributed by atoms with Crippen molar-refractivity contribution < 1.29 is 27.8 Å². The quantitative estimate of drug-likeness (QED) is 0.547. The molecule has 0 saturated carbocycles. The third-order valence-corrected chi connectivity index (χ3v) is 6.60. The zero-order valence-corrected chi connectivity index (χ0v) is 19.1. The number of aliphatic imine (C=N–C) groups is 1. The number of amidine groups is 1. The normalized spacial score (nSPS) is 18.1. The van der Waals surface area contributed by atoms with Gasteiger partial charge < -0.3 is 14.8 Å². The van der Waals surface area contributed by atoms with Crippen LogP contribution in [0.1, 0.15) is 12.0 Å². The molecule has 35 heavy (non-hydrogen) atoms. The lowest BCUT2D eigenvalue weighted by atomic mass is 10.1. The van der Waals surface area contributed by atoms with Crippen LogP contribution in [0.2, 0.25) is 0 Å². The first kappa shape index (κ1) is 22.9. The van der Waals surface area contributed by atoms with Gasteiger partial charge in [-0.05, 0) is 42.0 Å². The number of halogens is 2.